The molecule has 0 aliphatic carbocycles. The van der Waals surface area contributed by atoms with Crippen LogP contribution in [0.1, 0.15) is 17.3 Å². The summed E-state index contributed by atoms with van der Waals surface area (Å²) in [4.78, 5) is 21.3. The van der Waals surface area contributed by atoms with E-state index in [1.165, 1.54) is 0 Å². The smallest absolute Gasteiger partial charge is 0.322 e. The van der Waals surface area contributed by atoms with E-state index in [0.29, 0.717) is 5.56 Å². The number of aryl methyl sites for hydroxylation is 2. The third kappa shape index (κ3) is 6.38. The Bertz CT molecular complexity index is 579. The van der Waals surface area contributed by atoms with Crippen molar-refractivity contribution in [1.29, 1.82) is 0 Å². The SMILES string of the molecule is CCn1cc[n+](C)c1.O=C(O)CNC(=O)c1ccccc1. The largest absolute Gasteiger partial charge is 0.480 e. The average Bonchev–Trinajstić information content (AvgIpc) is 2.92. The van der Waals surface area contributed by atoms with Gasteiger partial charge >= 0.3 is 5.97 Å². The molecular weight excluding hydrogens is 270 g/mol. The summed E-state index contributed by atoms with van der Waals surface area (Å²) in [6.07, 6.45) is 6.14. The number of aromatic nitrogens is 2. The van der Waals surface area contributed by atoms with Crippen LogP contribution < -0.4 is 9.88 Å². The Kier molecular flexibility index (Phi) is 6.67. The number of hydrogen-bond acceptors (Lipinski definition) is 2. The van der Waals surface area contributed by atoms with E-state index in [1.54, 1.807) is 30.3 Å². The lowest BCUT2D eigenvalue weighted by Gasteiger charge is -2.00. The number of carboxylic acids is 1. The van der Waals surface area contributed by atoms with Crippen molar-refractivity contribution < 1.29 is 19.3 Å². The molecule has 1 amide bonds. The summed E-state index contributed by atoms with van der Waals surface area (Å²) < 4.78 is 4.16. The Balaban J connectivity index is 0.000000235. The van der Waals surface area contributed by atoms with Gasteiger partial charge in [-0.25, -0.2) is 9.13 Å². The highest BCUT2D eigenvalue weighted by molar-refractivity contribution is 5.95. The maximum Gasteiger partial charge on any atom is 0.322 e. The molecule has 0 aliphatic rings. The second-order valence-corrected chi connectivity index (χ2v) is 4.35. The molecule has 0 fully saturated rings. The van der Waals surface area contributed by atoms with Crippen molar-refractivity contribution in [3.63, 3.8) is 0 Å². The molecule has 2 rings (SSSR count). The van der Waals surface area contributed by atoms with Gasteiger partial charge in [0.2, 0.25) is 6.33 Å². The van der Waals surface area contributed by atoms with Gasteiger partial charge in [-0.3, -0.25) is 9.59 Å². The second-order valence-electron chi connectivity index (χ2n) is 4.35. The summed E-state index contributed by atoms with van der Waals surface area (Å²) in [6.45, 7) is 2.83. The van der Waals surface area contributed by atoms with Gasteiger partial charge in [-0.2, -0.15) is 0 Å². The Morgan fingerprint density at radius 3 is 2.38 bits per heavy atom. The number of nitrogens with zero attached hydrogens (tertiary/aromatic N) is 2. The first-order chi connectivity index (χ1) is 10.0. The summed E-state index contributed by atoms with van der Waals surface area (Å²) in [5.41, 5.74) is 0.462. The standard InChI is InChI=1S/C9H9NO3.C6H11N2/c11-8(12)6-10-9(13)7-4-2-1-3-5-7;1-3-8-5-4-7(2)6-8/h1-5H,6H2,(H,10,13)(H,11,12);4-6H,3H2,1-2H3/q;+1. The van der Waals surface area contributed by atoms with Gasteiger partial charge in [-0.15, -0.1) is 0 Å². The Hall–Kier alpha value is -2.63. The maximum absolute atomic E-state index is 11.2. The number of carbonyl (C=O) groups excluding carboxylic acids is 1. The van der Waals surface area contributed by atoms with Crippen molar-refractivity contribution in [2.75, 3.05) is 6.54 Å². The topological polar surface area (TPSA) is 75.2 Å². The number of amides is 1. The summed E-state index contributed by atoms with van der Waals surface area (Å²) in [6, 6.07) is 8.47. The van der Waals surface area contributed by atoms with Crippen LogP contribution in [0.3, 0.4) is 0 Å². The Morgan fingerprint density at radius 2 is 1.95 bits per heavy atom. The van der Waals surface area contributed by atoms with Gasteiger partial charge in [0.25, 0.3) is 5.91 Å². The first-order valence-electron chi connectivity index (χ1n) is 6.59. The molecule has 0 saturated heterocycles. The molecule has 1 aromatic heterocycles. The average molecular weight is 290 g/mol. The van der Waals surface area contributed by atoms with Gasteiger partial charge in [-0.1, -0.05) is 18.2 Å². The first kappa shape index (κ1) is 16.4. The van der Waals surface area contributed by atoms with Crippen LogP contribution in [0.25, 0.3) is 0 Å². The van der Waals surface area contributed by atoms with E-state index in [4.69, 9.17) is 5.11 Å². The molecule has 0 spiro atoms. The summed E-state index contributed by atoms with van der Waals surface area (Å²) in [5, 5.41) is 10.6. The highest BCUT2D eigenvalue weighted by Crippen LogP contribution is 1.96. The quantitative estimate of drug-likeness (QED) is 0.819. The number of carbonyl (C=O) groups is 2. The molecule has 0 bridgehead atoms. The molecule has 0 unspecified atom stereocenters. The third-order valence-corrected chi connectivity index (χ3v) is 2.63. The molecule has 6 nitrogen and oxygen atoms in total. The molecule has 2 aromatic rings. The number of rotatable bonds is 4. The monoisotopic (exact) mass is 290 g/mol. The van der Waals surface area contributed by atoms with E-state index < -0.39 is 5.97 Å². The fourth-order valence-corrected chi connectivity index (χ4v) is 1.54. The third-order valence-electron chi connectivity index (χ3n) is 2.63. The highest BCUT2D eigenvalue weighted by Gasteiger charge is 2.04. The van der Waals surface area contributed by atoms with Crippen LogP contribution in [-0.4, -0.2) is 28.1 Å². The zero-order valence-electron chi connectivity index (χ0n) is 12.2. The van der Waals surface area contributed by atoms with Gasteiger partial charge in [0.05, 0.1) is 13.6 Å². The number of imidazole rings is 1. The van der Waals surface area contributed by atoms with Crippen LogP contribution in [0.2, 0.25) is 0 Å². The lowest BCUT2D eigenvalue weighted by atomic mass is 10.2. The molecule has 2 N–H and O–H groups in total. The van der Waals surface area contributed by atoms with E-state index in [-0.39, 0.29) is 12.5 Å². The summed E-state index contributed by atoms with van der Waals surface area (Å²) >= 11 is 0. The number of nitrogens with one attached hydrogen (secondary N) is 1. The molecule has 0 radical (unpaired) electrons. The van der Waals surface area contributed by atoms with Crippen molar-refractivity contribution in [3.8, 4) is 0 Å². The molecule has 21 heavy (non-hydrogen) atoms. The predicted molar refractivity (Wildman–Crippen MR) is 77.7 cm³/mol. The predicted octanol–water partition coefficient (Wildman–Crippen LogP) is 0.834. The van der Waals surface area contributed by atoms with E-state index in [9.17, 15) is 9.59 Å². The maximum atomic E-state index is 11.2. The van der Waals surface area contributed by atoms with Crippen molar-refractivity contribution in [1.82, 2.24) is 9.88 Å². The number of hydrogen-bond donors (Lipinski definition) is 2. The van der Waals surface area contributed by atoms with Crippen LogP contribution >= 0.6 is 0 Å². The zero-order chi connectivity index (χ0) is 15.7. The minimum Gasteiger partial charge on any atom is -0.480 e. The van der Waals surface area contributed by atoms with Crippen LogP contribution in [-0.2, 0) is 18.4 Å². The minimum absolute atomic E-state index is 0.353. The number of aliphatic carboxylic acids is 1. The minimum atomic E-state index is -1.05. The van der Waals surface area contributed by atoms with Gasteiger partial charge in [0, 0.05) is 5.56 Å². The van der Waals surface area contributed by atoms with Crippen molar-refractivity contribution in [3.05, 3.63) is 54.6 Å². The van der Waals surface area contributed by atoms with Crippen LogP contribution in [0.4, 0.5) is 0 Å². The number of carboxylic acid groups (broad SMARTS) is 1. The van der Waals surface area contributed by atoms with E-state index in [1.807, 2.05) is 17.8 Å². The highest BCUT2D eigenvalue weighted by atomic mass is 16.4. The summed E-state index contributed by atoms with van der Waals surface area (Å²) in [5.74, 6) is -1.42. The molecule has 6 heteroatoms. The molecule has 1 aromatic carbocycles. The molecule has 0 aliphatic heterocycles. The lowest BCUT2D eigenvalue weighted by Crippen LogP contribution is -2.29. The Labute approximate surface area is 123 Å². The van der Waals surface area contributed by atoms with Crippen LogP contribution in [0.5, 0.6) is 0 Å². The van der Waals surface area contributed by atoms with Gasteiger partial charge < -0.3 is 10.4 Å². The fraction of sp³-hybridized carbons (Fsp3) is 0.267. The molecule has 1 heterocycles. The zero-order valence-corrected chi connectivity index (χ0v) is 12.2. The lowest BCUT2D eigenvalue weighted by molar-refractivity contribution is -0.671. The molecule has 112 valence electrons. The van der Waals surface area contributed by atoms with Gasteiger partial charge in [-0.05, 0) is 19.1 Å². The molecule has 0 atom stereocenters. The first-order valence-corrected chi connectivity index (χ1v) is 6.59. The fourth-order valence-electron chi connectivity index (χ4n) is 1.54. The van der Waals surface area contributed by atoms with Gasteiger partial charge in [0.1, 0.15) is 18.9 Å². The van der Waals surface area contributed by atoms with Crippen molar-refractivity contribution in [2.45, 2.75) is 13.5 Å². The van der Waals surface area contributed by atoms with Crippen LogP contribution in [0.15, 0.2) is 49.1 Å². The van der Waals surface area contributed by atoms with E-state index in [0.717, 1.165) is 6.54 Å². The summed E-state index contributed by atoms with van der Waals surface area (Å²) in [7, 11) is 2.02. The van der Waals surface area contributed by atoms with Crippen molar-refractivity contribution >= 4 is 11.9 Å². The molecule has 0 saturated carbocycles. The van der Waals surface area contributed by atoms with Crippen molar-refractivity contribution in [2.24, 2.45) is 7.05 Å². The van der Waals surface area contributed by atoms with Gasteiger partial charge in [0.15, 0.2) is 0 Å². The normalized spacial score (nSPS) is 9.43. The number of benzene rings is 1. The second kappa shape index (κ2) is 8.52. The Morgan fingerprint density at radius 1 is 1.29 bits per heavy atom. The molecular formula is C15H20N3O3+. The van der Waals surface area contributed by atoms with Crippen LogP contribution in [0, 0.1) is 0 Å². The van der Waals surface area contributed by atoms with E-state index >= 15 is 0 Å². The van der Waals surface area contributed by atoms with E-state index in [2.05, 4.69) is 29.3 Å².